The average molecular weight is 382 g/mol. The van der Waals surface area contributed by atoms with E-state index in [1.54, 1.807) is 13.8 Å². The molecule has 26 heavy (non-hydrogen) atoms. The molecule has 0 atom stereocenters. The van der Waals surface area contributed by atoms with Crippen molar-refractivity contribution in [2.24, 2.45) is 0 Å². The van der Waals surface area contributed by atoms with Gasteiger partial charge < -0.3 is 9.47 Å². The van der Waals surface area contributed by atoms with E-state index in [0.717, 1.165) is 12.1 Å². The summed E-state index contributed by atoms with van der Waals surface area (Å²) in [4.78, 5) is 11.6. The van der Waals surface area contributed by atoms with Gasteiger partial charge in [-0.3, -0.25) is 10.0 Å². The number of hydrogen-bond acceptors (Lipinski definition) is 5. The molecule has 0 aliphatic rings. The maximum Gasteiger partial charge on any atom is 0.411 e. The topological polar surface area (TPSA) is 93.7 Å². The second-order valence-electron chi connectivity index (χ2n) is 5.05. The molecule has 140 valence electrons. The third-order valence-corrected chi connectivity index (χ3v) is 4.55. The Balaban J connectivity index is 2.32. The standard InChI is InChI=1S/C17H19FN2O5S/c1-3-24-16-10-9-14(11-15(16)19-17(21)25-4-2)26(22,23)20-13-7-5-12(18)6-8-13/h5-11,20H,3-4H2,1-2H3,(H,19,21). The van der Waals surface area contributed by atoms with Crippen LogP contribution in [-0.4, -0.2) is 27.7 Å². The highest BCUT2D eigenvalue weighted by atomic mass is 32.2. The lowest BCUT2D eigenvalue weighted by molar-refractivity contribution is 0.167. The third kappa shape index (κ3) is 5.09. The number of rotatable bonds is 7. The lowest BCUT2D eigenvalue weighted by atomic mass is 10.3. The molecular formula is C17H19FN2O5S. The molecule has 0 aliphatic heterocycles. The van der Waals surface area contributed by atoms with E-state index in [2.05, 4.69) is 10.0 Å². The van der Waals surface area contributed by atoms with Gasteiger partial charge in [0.2, 0.25) is 0 Å². The first-order valence-corrected chi connectivity index (χ1v) is 9.33. The molecule has 0 saturated heterocycles. The van der Waals surface area contributed by atoms with Crippen molar-refractivity contribution in [3.8, 4) is 5.75 Å². The van der Waals surface area contributed by atoms with Gasteiger partial charge in [-0.15, -0.1) is 0 Å². The van der Waals surface area contributed by atoms with Gasteiger partial charge in [-0.2, -0.15) is 0 Å². The van der Waals surface area contributed by atoms with Crippen LogP contribution in [0.25, 0.3) is 0 Å². The summed E-state index contributed by atoms with van der Waals surface area (Å²) in [5.41, 5.74) is 0.368. The summed E-state index contributed by atoms with van der Waals surface area (Å²) in [6.07, 6.45) is -0.727. The van der Waals surface area contributed by atoms with Crippen LogP contribution >= 0.6 is 0 Å². The van der Waals surface area contributed by atoms with Crippen molar-refractivity contribution in [1.82, 2.24) is 0 Å². The van der Waals surface area contributed by atoms with E-state index < -0.39 is 21.9 Å². The maximum atomic E-state index is 13.0. The largest absolute Gasteiger partial charge is 0.492 e. The Morgan fingerprint density at radius 1 is 1.08 bits per heavy atom. The highest BCUT2D eigenvalue weighted by Crippen LogP contribution is 2.29. The molecule has 2 aromatic carbocycles. The number of ether oxygens (including phenoxy) is 2. The summed E-state index contributed by atoms with van der Waals surface area (Å²) in [5, 5.41) is 2.45. The number of anilines is 2. The van der Waals surface area contributed by atoms with Crippen molar-refractivity contribution < 1.29 is 27.1 Å². The number of carbonyl (C=O) groups excluding carboxylic acids is 1. The van der Waals surface area contributed by atoms with Crippen LogP contribution in [0.4, 0.5) is 20.6 Å². The molecule has 2 aromatic rings. The zero-order valence-electron chi connectivity index (χ0n) is 14.3. The van der Waals surface area contributed by atoms with Crippen molar-refractivity contribution in [3.05, 3.63) is 48.3 Å². The Morgan fingerprint density at radius 2 is 1.77 bits per heavy atom. The molecule has 0 spiro atoms. The van der Waals surface area contributed by atoms with Gasteiger partial charge in [0.05, 0.1) is 23.8 Å². The maximum absolute atomic E-state index is 13.0. The van der Waals surface area contributed by atoms with Crippen LogP contribution in [0.1, 0.15) is 13.8 Å². The predicted octanol–water partition coefficient (Wildman–Crippen LogP) is 3.59. The van der Waals surface area contributed by atoms with E-state index in [1.807, 2.05) is 0 Å². The second kappa shape index (κ2) is 8.52. The van der Waals surface area contributed by atoms with Gasteiger partial charge in [-0.1, -0.05) is 0 Å². The van der Waals surface area contributed by atoms with Gasteiger partial charge in [0.1, 0.15) is 11.6 Å². The van der Waals surface area contributed by atoms with Gasteiger partial charge in [0.15, 0.2) is 0 Å². The number of halogens is 1. The van der Waals surface area contributed by atoms with Crippen molar-refractivity contribution >= 4 is 27.5 Å². The highest BCUT2D eigenvalue weighted by molar-refractivity contribution is 7.92. The molecule has 0 bridgehead atoms. The average Bonchev–Trinajstić information content (AvgIpc) is 2.58. The van der Waals surface area contributed by atoms with Gasteiger partial charge in [-0.25, -0.2) is 17.6 Å². The van der Waals surface area contributed by atoms with Crippen molar-refractivity contribution in [2.75, 3.05) is 23.3 Å². The number of hydrogen-bond donors (Lipinski definition) is 2. The zero-order chi connectivity index (χ0) is 19.2. The Labute approximate surface area is 151 Å². The lowest BCUT2D eigenvalue weighted by Crippen LogP contribution is -2.16. The minimum atomic E-state index is -3.95. The van der Waals surface area contributed by atoms with E-state index in [9.17, 15) is 17.6 Å². The molecule has 2 rings (SSSR count). The summed E-state index contributed by atoms with van der Waals surface area (Å²) < 4.78 is 50.5. The fourth-order valence-corrected chi connectivity index (χ4v) is 3.15. The smallest absolute Gasteiger partial charge is 0.411 e. The fraction of sp³-hybridized carbons (Fsp3) is 0.235. The van der Waals surface area contributed by atoms with Crippen molar-refractivity contribution in [1.29, 1.82) is 0 Å². The summed E-state index contributed by atoms with van der Waals surface area (Å²) in [7, 11) is -3.95. The van der Waals surface area contributed by atoms with Gasteiger partial charge in [-0.05, 0) is 56.3 Å². The minimum absolute atomic E-state index is 0.0999. The molecule has 1 amide bonds. The number of nitrogens with one attached hydrogen (secondary N) is 2. The van der Waals surface area contributed by atoms with E-state index in [-0.39, 0.29) is 22.9 Å². The van der Waals surface area contributed by atoms with Crippen molar-refractivity contribution in [3.63, 3.8) is 0 Å². The van der Waals surface area contributed by atoms with Crippen LogP contribution in [-0.2, 0) is 14.8 Å². The van der Waals surface area contributed by atoms with Crippen LogP contribution in [0, 0.1) is 5.82 Å². The number of benzene rings is 2. The third-order valence-electron chi connectivity index (χ3n) is 3.17. The molecule has 0 heterocycles. The lowest BCUT2D eigenvalue weighted by Gasteiger charge is -2.14. The second-order valence-corrected chi connectivity index (χ2v) is 6.73. The van der Waals surface area contributed by atoms with Crippen LogP contribution in [0.2, 0.25) is 0 Å². The number of carbonyl (C=O) groups is 1. The molecular weight excluding hydrogens is 363 g/mol. The number of sulfonamides is 1. The Kier molecular flexibility index (Phi) is 6.40. The summed E-state index contributed by atoms with van der Waals surface area (Å²) in [6, 6.07) is 8.93. The molecule has 2 N–H and O–H groups in total. The summed E-state index contributed by atoms with van der Waals surface area (Å²) in [6.45, 7) is 3.91. The predicted molar refractivity (Wildman–Crippen MR) is 95.5 cm³/mol. The van der Waals surface area contributed by atoms with E-state index in [4.69, 9.17) is 9.47 Å². The minimum Gasteiger partial charge on any atom is -0.492 e. The zero-order valence-corrected chi connectivity index (χ0v) is 15.1. The molecule has 0 unspecified atom stereocenters. The first-order chi connectivity index (χ1) is 12.4. The first kappa shape index (κ1) is 19.5. The van der Waals surface area contributed by atoms with Crippen LogP contribution in [0.3, 0.4) is 0 Å². The van der Waals surface area contributed by atoms with Crippen molar-refractivity contribution in [2.45, 2.75) is 18.7 Å². The van der Waals surface area contributed by atoms with E-state index >= 15 is 0 Å². The SMILES string of the molecule is CCOC(=O)Nc1cc(S(=O)(=O)Nc2ccc(F)cc2)ccc1OCC. The highest BCUT2D eigenvalue weighted by Gasteiger charge is 2.18. The Morgan fingerprint density at radius 3 is 2.38 bits per heavy atom. The molecule has 0 radical (unpaired) electrons. The van der Waals surface area contributed by atoms with Gasteiger partial charge >= 0.3 is 6.09 Å². The fourth-order valence-electron chi connectivity index (χ4n) is 2.06. The van der Waals surface area contributed by atoms with E-state index in [1.165, 1.54) is 30.3 Å². The summed E-state index contributed by atoms with van der Waals surface area (Å²) in [5.74, 6) is -0.170. The number of amides is 1. The monoisotopic (exact) mass is 382 g/mol. The molecule has 0 aliphatic carbocycles. The Bertz CT molecular complexity index is 869. The first-order valence-electron chi connectivity index (χ1n) is 7.84. The molecule has 7 nitrogen and oxygen atoms in total. The van der Waals surface area contributed by atoms with Crippen LogP contribution in [0.5, 0.6) is 5.75 Å². The Hall–Kier alpha value is -2.81. The van der Waals surface area contributed by atoms with Gasteiger partial charge in [0, 0.05) is 5.69 Å². The van der Waals surface area contributed by atoms with Crippen LogP contribution in [0.15, 0.2) is 47.4 Å². The van der Waals surface area contributed by atoms with Crippen LogP contribution < -0.4 is 14.8 Å². The molecule has 0 fully saturated rings. The molecule has 0 saturated carbocycles. The summed E-state index contributed by atoms with van der Waals surface area (Å²) >= 11 is 0. The van der Waals surface area contributed by atoms with Gasteiger partial charge in [0.25, 0.3) is 10.0 Å². The van der Waals surface area contributed by atoms with E-state index in [0.29, 0.717) is 12.4 Å². The molecule has 9 heteroatoms. The quantitative estimate of drug-likeness (QED) is 0.763. The molecule has 0 aromatic heterocycles. The normalized spacial score (nSPS) is 10.9.